The number of esters is 1. The molecule has 0 radical (unpaired) electrons. The van der Waals surface area contributed by atoms with Crippen LogP contribution < -0.4 is 11.2 Å². The van der Waals surface area contributed by atoms with Gasteiger partial charge in [0.25, 0.3) is 11.5 Å². The zero-order valence-electron chi connectivity index (χ0n) is 16.9. The number of hydrogen-bond donors (Lipinski definition) is 0. The van der Waals surface area contributed by atoms with Crippen LogP contribution in [-0.2, 0) is 44.8 Å². The van der Waals surface area contributed by atoms with Gasteiger partial charge < -0.3 is 14.2 Å². The Hall–Kier alpha value is -2.96. The summed E-state index contributed by atoms with van der Waals surface area (Å²) >= 11 is 0. The lowest BCUT2D eigenvalue weighted by Crippen LogP contribution is -2.43. The van der Waals surface area contributed by atoms with Crippen molar-refractivity contribution >= 4 is 32.9 Å². The van der Waals surface area contributed by atoms with E-state index in [0.29, 0.717) is 13.0 Å². The number of sulfone groups is 1. The van der Waals surface area contributed by atoms with E-state index in [1.807, 2.05) is 0 Å². The number of carbonyl (C=O) groups is 2. The number of aromatic nitrogens is 4. The van der Waals surface area contributed by atoms with Crippen molar-refractivity contribution in [2.24, 2.45) is 14.1 Å². The minimum atomic E-state index is -3.15. The van der Waals surface area contributed by atoms with Crippen molar-refractivity contribution in [1.82, 2.24) is 23.6 Å². The van der Waals surface area contributed by atoms with Gasteiger partial charge in [-0.05, 0) is 13.3 Å². The minimum Gasteiger partial charge on any atom is -0.454 e. The van der Waals surface area contributed by atoms with E-state index in [9.17, 15) is 27.6 Å². The molecule has 0 spiro atoms. The second-order valence-electron chi connectivity index (χ2n) is 7.15. The van der Waals surface area contributed by atoms with Crippen LogP contribution >= 0.6 is 0 Å². The number of hydrogen-bond acceptors (Lipinski definition) is 8. The third kappa shape index (κ3) is 4.01. The van der Waals surface area contributed by atoms with E-state index in [1.165, 1.54) is 34.5 Å². The molecule has 1 atom stereocenters. The van der Waals surface area contributed by atoms with Crippen LogP contribution in [-0.4, -0.2) is 74.6 Å². The Morgan fingerprint density at radius 1 is 1.27 bits per heavy atom. The second-order valence-corrected chi connectivity index (χ2v) is 9.38. The lowest BCUT2D eigenvalue weighted by molar-refractivity contribution is -0.153. The van der Waals surface area contributed by atoms with Crippen molar-refractivity contribution in [3.05, 3.63) is 27.2 Å². The molecule has 0 unspecified atom stereocenters. The number of nitrogens with zero attached hydrogens (tertiary/aromatic N) is 5. The average molecular weight is 441 g/mol. The average Bonchev–Trinajstić information content (AvgIpc) is 3.26. The van der Waals surface area contributed by atoms with Gasteiger partial charge in [0.1, 0.15) is 6.54 Å². The van der Waals surface area contributed by atoms with Crippen molar-refractivity contribution in [3.8, 4) is 0 Å². The van der Waals surface area contributed by atoms with Gasteiger partial charge in [0.05, 0.1) is 17.8 Å². The molecule has 164 valence electrons. The third-order valence-corrected chi connectivity index (χ3v) is 6.93. The number of likely N-dealkylation sites (N-methyl/N-ethyl adjacent to an activating group) is 1. The van der Waals surface area contributed by atoms with Crippen molar-refractivity contribution in [2.75, 3.05) is 24.7 Å². The summed E-state index contributed by atoms with van der Waals surface area (Å²) in [5.41, 5.74) is -0.950. The van der Waals surface area contributed by atoms with Crippen LogP contribution in [0, 0.1) is 0 Å². The number of imidazole rings is 1. The first-order valence-corrected chi connectivity index (χ1v) is 11.1. The van der Waals surface area contributed by atoms with Gasteiger partial charge in [0.15, 0.2) is 27.6 Å². The van der Waals surface area contributed by atoms with Crippen LogP contribution in [0.15, 0.2) is 15.9 Å². The molecule has 1 aliphatic rings. The fourth-order valence-corrected chi connectivity index (χ4v) is 5.32. The maximum absolute atomic E-state index is 12.4. The summed E-state index contributed by atoms with van der Waals surface area (Å²) in [4.78, 5) is 54.4. The number of carbonyl (C=O) groups excluding carboxylic acids is 2. The van der Waals surface area contributed by atoms with Gasteiger partial charge in [-0.15, -0.1) is 0 Å². The van der Waals surface area contributed by atoms with Gasteiger partial charge in [0.2, 0.25) is 0 Å². The molecule has 0 saturated carbocycles. The Morgan fingerprint density at radius 3 is 2.57 bits per heavy atom. The summed E-state index contributed by atoms with van der Waals surface area (Å²) in [6.07, 6.45) is 1.61. The fourth-order valence-electron chi connectivity index (χ4n) is 3.59. The summed E-state index contributed by atoms with van der Waals surface area (Å²) in [6.45, 7) is 1.11. The van der Waals surface area contributed by atoms with Crippen molar-refractivity contribution < 1.29 is 22.7 Å². The van der Waals surface area contributed by atoms with Crippen LogP contribution in [0.1, 0.15) is 13.3 Å². The molecule has 1 fully saturated rings. The zero-order chi connectivity index (χ0) is 22.2. The molecule has 12 nitrogen and oxygen atoms in total. The summed E-state index contributed by atoms with van der Waals surface area (Å²) < 4.78 is 31.7. The Balaban J connectivity index is 1.68. The lowest BCUT2D eigenvalue weighted by Gasteiger charge is -2.26. The smallest absolute Gasteiger partial charge is 0.332 e. The Bertz CT molecular complexity index is 1220. The molecular weight excluding hydrogens is 418 g/mol. The van der Waals surface area contributed by atoms with Gasteiger partial charge >= 0.3 is 11.7 Å². The maximum Gasteiger partial charge on any atom is 0.332 e. The quantitative estimate of drug-likeness (QED) is 0.469. The highest BCUT2D eigenvalue weighted by molar-refractivity contribution is 7.91. The third-order valence-electron chi connectivity index (χ3n) is 5.18. The van der Waals surface area contributed by atoms with Gasteiger partial charge in [-0.25, -0.2) is 18.2 Å². The molecule has 2 aromatic heterocycles. The van der Waals surface area contributed by atoms with Crippen molar-refractivity contribution in [3.63, 3.8) is 0 Å². The summed E-state index contributed by atoms with van der Waals surface area (Å²) in [5, 5.41) is 0. The van der Waals surface area contributed by atoms with E-state index in [2.05, 4.69) is 4.98 Å². The first-order chi connectivity index (χ1) is 14.1. The van der Waals surface area contributed by atoms with E-state index >= 15 is 0 Å². The van der Waals surface area contributed by atoms with Crippen LogP contribution in [0.2, 0.25) is 0 Å². The number of ether oxygens (including phenoxy) is 1. The number of amides is 1. The Morgan fingerprint density at radius 2 is 1.97 bits per heavy atom. The van der Waals surface area contributed by atoms with Gasteiger partial charge in [-0.1, -0.05) is 0 Å². The molecule has 1 aliphatic heterocycles. The molecule has 1 saturated heterocycles. The molecule has 0 N–H and O–H groups in total. The topological polar surface area (TPSA) is 143 Å². The number of aryl methyl sites for hydroxylation is 1. The van der Waals surface area contributed by atoms with Crippen LogP contribution in [0.5, 0.6) is 0 Å². The summed E-state index contributed by atoms with van der Waals surface area (Å²) in [5.74, 6) is -1.31. The Kier molecular flexibility index (Phi) is 5.83. The molecule has 3 heterocycles. The predicted octanol–water partition coefficient (Wildman–Crippen LogP) is -1.99. The van der Waals surface area contributed by atoms with E-state index in [-0.39, 0.29) is 29.2 Å². The second kappa shape index (κ2) is 8.05. The van der Waals surface area contributed by atoms with E-state index < -0.39 is 45.6 Å². The molecule has 1 amide bonds. The highest BCUT2D eigenvalue weighted by Crippen LogP contribution is 2.18. The lowest BCUT2D eigenvalue weighted by atomic mass is 10.2. The normalized spacial score (nSPS) is 17.9. The largest absolute Gasteiger partial charge is 0.454 e. The molecule has 0 bridgehead atoms. The van der Waals surface area contributed by atoms with E-state index in [1.54, 1.807) is 6.92 Å². The Labute approximate surface area is 171 Å². The minimum absolute atomic E-state index is 0.0341. The standard InChI is InChI=1S/C17H23N5O7S/c1-4-22(11-5-6-30(27,28)9-11)12(23)8-29-13(24)7-21-10-18-15-14(21)16(25)20(3)17(26)19(15)2/h10-11H,4-9H2,1-3H3/t11-/m1/s1. The number of fused-ring (bicyclic) bond motifs is 1. The fraction of sp³-hybridized carbons (Fsp3) is 0.588. The maximum atomic E-state index is 12.4. The van der Waals surface area contributed by atoms with Gasteiger partial charge in [0, 0.05) is 26.7 Å². The molecule has 13 heteroatoms. The monoisotopic (exact) mass is 441 g/mol. The van der Waals surface area contributed by atoms with E-state index in [4.69, 9.17) is 4.74 Å². The number of rotatable bonds is 6. The highest BCUT2D eigenvalue weighted by atomic mass is 32.2. The summed E-state index contributed by atoms with van der Waals surface area (Å²) in [6, 6.07) is -0.423. The summed E-state index contributed by atoms with van der Waals surface area (Å²) in [7, 11) is -0.373. The molecular formula is C17H23N5O7S. The van der Waals surface area contributed by atoms with Gasteiger partial charge in [-0.2, -0.15) is 0 Å². The van der Waals surface area contributed by atoms with Crippen LogP contribution in [0.4, 0.5) is 0 Å². The first kappa shape index (κ1) is 21.7. The van der Waals surface area contributed by atoms with Crippen molar-refractivity contribution in [1.29, 1.82) is 0 Å². The van der Waals surface area contributed by atoms with Crippen LogP contribution in [0.25, 0.3) is 11.2 Å². The van der Waals surface area contributed by atoms with Crippen molar-refractivity contribution in [2.45, 2.75) is 25.9 Å². The molecule has 2 aromatic rings. The SMILES string of the molecule is CCN(C(=O)COC(=O)Cn1cnc2c1c(=O)n(C)c(=O)n2C)[C@@H]1CCS(=O)(=O)C1. The van der Waals surface area contributed by atoms with Gasteiger partial charge in [-0.3, -0.25) is 23.5 Å². The first-order valence-electron chi connectivity index (χ1n) is 9.32. The molecule has 3 rings (SSSR count). The van der Waals surface area contributed by atoms with E-state index in [0.717, 1.165) is 4.57 Å². The zero-order valence-corrected chi connectivity index (χ0v) is 17.7. The van der Waals surface area contributed by atoms with Crippen LogP contribution in [0.3, 0.4) is 0 Å². The predicted molar refractivity (Wildman–Crippen MR) is 106 cm³/mol. The molecule has 0 aromatic carbocycles. The molecule has 30 heavy (non-hydrogen) atoms. The highest BCUT2D eigenvalue weighted by Gasteiger charge is 2.34. The molecule has 0 aliphatic carbocycles.